The first kappa shape index (κ1) is 14.7. The number of nitrogens with one attached hydrogen (secondary N) is 1. The van der Waals surface area contributed by atoms with Gasteiger partial charge in [0.1, 0.15) is 5.70 Å². The number of likely N-dealkylation sites (tertiary alicyclic amines) is 1. The van der Waals surface area contributed by atoms with Crippen molar-refractivity contribution in [3.8, 4) is 0 Å². The molecule has 1 N–H and O–H groups in total. The molecule has 0 saturated carbocycles. The maximum atomic E-state index is 11.7. The summed E-state index contributed by atoms with van der Waals surface area (Å²) in [4.78, 5) is 24.6. The maximum Gasteiger partial charge on any atom is 0.242 e. The van der Waals surface area contributed by atoms with E-state index in [0.717, 1.165) is 51.0 Å². The third-order valence-electron chi connectivity index (χ3n) is 3.38. The number of rotatable bonds is 7. The third-order valence-corrected chi connectivity index (χ3v) is 3.38. The number of unbranched alkanes of at least 4 members (excludes halogenated alkanes) is 1. The van der Waals surface area contributed by atoms with Crippen LogP contribution >= 0.6 is 0 Å². The van der Waals surface area contributed by atoms with E-state index in [1.54, 1.807) is 0 Å². The predicted octanol–water partition coefficient (Wildman–Crippen LogP) is 1.86. The van der Waals surface area contributed by atoms with Crippen LogP contribution in [0.5, 0.6) is 0 Å². The highest BCUT2D eigenvalue weighted by molar-refractivity contribution is 6.32. The summed E-state index contributed by atoms with van der Waals surface area (Å²) in [7, 11) is 0. The zero-order chi connectivity index (χ0) is 13.4. The molecule has 1 aliphatic rings. The lowest BCUT2D eigenvalue weighted by atomic mass is 10.1. The topological polar surface area (TPSA) is 49.4 Å². The molecule has 0 aliphatic carbocycles. The molecule has 0 radical (unpaired) electrons. The van der Waals surface area contributed by atoms with Gasteiger partial charge < -0.3 is 10.2 Å². The second kappa shape index (κ2) is 7.90. The van der Waals surface area contributed by atoms with Crippen LogP contribution in [-0.4, -0.2) is 36.6 Å². The van der Waals surface area contributed by atoms with Crippen molar-refractivity contribution < 1.29 is 9.59 Å². The van der Waals surface area contributed by atoms with Crippen molar-refractivity contribution in [1.29, 1.82) is 0 Å². The molecule has 1 saturated heterocycles. The van der Waals surface area contributed by atoms with Crippen LogP contribution in [0.15, 0.2) is 11.4 Å². The van der Waals surface area contributed by atoms with Crippen LogP contribution in [0.25, 0.3) is 0 Å². The number of piperidine rings is 1. The Bertz CT molecular complexity index is 318. The molecule has 0 atom stereocenters. The second-order valence-corrected chi connectivity index (χ2v) is 4.77. The summed E-state index contributed by atoms with van der Waals surface area (Å²) in [6, 6.07) is 0. The molecule has 4 heteroatoms. The number of hydrogen-bond acceptors (Lipinski definition) is 4. The smallest absolute Gasteiger partial charge is 0.242 e. The first-order chi connectivity index (χ1) is 8.70. The fraction of sp³-hybridized carbons (Fsp3) is 0.714. The van der Waals surface area contributed by atoms with E-state index in [4.69, 9.17) is 0 Å². The van der Waals surface area contributed by atoms with Crippen molar-refractivity contribution in [2.45, 2.75) is 46.0 Å². The molecule has 1 fully saturated rings. The Morgan fingerprint density at radius 3 is 2.50 bits per heavy atom. The van der Waals surface area contributed by atoms with Gasteiger partial charge >= 0.3 is 0 Å². The van der Waals surface area contributed by atoms with Crippen LogP contribution in [0, 0.1) is 0 Å². The van der Waals surface area contributed by atoms with E-state index in [-0.39, 0.29) is 0 Å². The van der Waals surface area contributed by atoms with Gasteiger partial charge in [-0.05, 0) is 32.6 Å². The average Bonchev–Trinajstić information content (AvgIpc) is 2.43. The number of aldehydes is 1. The summed E-state index contributed by atoms with van der Waals surface area (Å²) in [6.45, 7) is 6.75. The van der Waals surface area contributed by atoms with Crippen molar-refractivity contribution in [1.82, 2.24) is 10.2 Å². The highest BCUT2D eigenvalue weighted by Crippen LogP contribution is 2.16. The minimum atomic E-state index is -0.436. The lowest BCUT2D eigenvalue weighted by molar-refractivity contribution is -0.127. The Balaban J connectivity index is 2.76. The van der Waals surface area contributed by atoms with Gasteiger partial charge in [-0.3, -0.25) is 9.59 Å². The molecule has 1 aliphatic heterocycles. The zero-order valence-electron chi connectivity index (χ0n) is 11.5. The van der Waals surface area contributed by atoms with Gasteiger partial charge in [0, 0.05) is 25.3 Å². The van der Waals surface area contributed by atoms with Gasteiger partial charge in [0.2, 0.25) is 5.78 Å². The fourth-order valence-electron chi connectivity index (χ4n) is 2.23. The van der Waals surface area contributed by atoms with Crippen LogP contribution in [0.4, 0.5) is 0 Å². The van der Waals surface area contributed by atoms with Crippen LogP contribution in [0.1, 0.15) is 46.0 Å². The van der Waals surface area contributed by atoms with Gasteiger partial charge in [-0.15, -0.1) is 0 Å². The SMILES string of the molecule is CCCCN/C(C(=O)C=O)=C(/C)N1CCCCC1. The van der Waals surface area contributed by atoms with Crippen LogP contribution < -0.4 is 5.32 Å². The first-order valence-electron chi connectivity index (χ1n) is 6.90. The Morgan fingerprint density at radius 1 is 1.28 bits per heavy atom. The average molecular weight is 252 g/mol. The van der Waals surface area contributed by atoms with E-state index < -0.39 is 5.78 Å². The van der Waals surface area contributed by atoms with Gasteiger partial charge in [0.15, 0.2) is 6.29 Å². The molecule has 102 valence electrons. The minimum Gasteiger partial charge on any atom is -0.380 e. The van der Waals surface area contributed by atoms with E-state index in [9.17, 15) is 9.59 Å². The zero-order valence-corrected chi connectivity index (χ0v) is 11.5. The van der Waals surface area contributed by atoms with Crippen molar-refractivity contribution in [2.24, 2.45) is 0 Å². The first-order valence-corrected chi connectivity index (χ1v) is 6.90. The van der Waals surface area contributed by atoms with Gasteiger partial charge in [-0.1, -0.05) is 13.3 Å². The van der Waals surface area contributed by atoms with Crippen LogP contribution in [-0.2, 0) is 9.59 Å². The summed E-state index contributed by atoms with van der Waals surface area (Å²) in [5.41, 5.74) is 1.41. The lowest BCUT2D eigenvalue weighted by Crippen LogP contribution is -2.33. The summed E-state index contributed by atoms with van der Waals surface area (Å²) >= 11 is 0. The summed E-state index contributed by atoms with van der Waals surface area (Å²) in [6.07, 6.45) is 6.05. The van der Waals surface area contributed by atoms with E-state index in [1.165, 1.54) is 6.42 Å². The minimum absolute atomic E-state index is 0.404. The molecule has 0 bridgehead atoms. The number of Topliss-reactive ketones (excluding diaryl/α,β-unsaturated/α-hetero) is 1. The number of carbonyl (C=O) groups is 2. The number of allylic oxidation sites excluding steroid dienone is 2. The van der Waals surface area contributed by atoms with Crippen LogP contribution in [0.3, 0.4) is 0 Å². The molecule has 4 nitrogen and oxygen atoms in total. The van der Waals surface area contributed by atoms with Gasteiger partial charge in [0.25, 0.3) is 0 Å². The molecule has 1 rings (SSSR count). The van der Waals surface area contributed by atoms with E-state index in [0.29, 0.717) is 12.0 Å². The molecule has 0 spiro atoms. The molecular formula is C14H24N2O2. The third kappa shape index (κ3) is 4.17. The van der Waals surface area contributed by atoms with Crippen molar-refractivity contribution in [2.75, 3.05) is 19.6 Å². The fourth-order valence-corrected chi connectivity index (χ4v) is 2.23. The number of carbonyl (C=O) groups excluding carboxylic acids is 2. The number of ketones is 1. The molecule has 0 amide bonds. The Labute approximate surface area is 109 Å². The number of nitrogens with zero attached hydrogens (tertiary/aromatic N) is 1. The highest BCUT2D eigenvalue weighted by Gasteiger charge is 2.18. The van der Waals surface area contributed by atoms with E-state index >= 15 is 0 Å². The molecular weight excluding hydrogens is 228 g/mol. The molecule has 0 aromatic carbocycles. The molecule has 0 unspecified atom stereocenters. The van der Waals surface area contributed by atoms with Gasteiger partial charge in [-0.25, -0.2) is 0 Å². The maximum absolute atomic E-state index is 11.7. The number of hydrogen-bond donors (Lipinski definition) is 1. The summed E-state index contributed by atoms with van der Waals surface area (Å²) in [5, 5.41) is 3.13. The van der Waals surface area contributed by atoms with Gasteiger partial charge in [-0.2, -0.15) is 0 Å². The molecule has 0 aromatic rings. The monoisotopic (exact) mass is 252 g/mol. The summed E-state index contributed by atoms with van der Waals surface area (Å²) < 4.78 is 0. The Kier molecular flexibility index (Phi) is 6.47. The van der Waals surface area contributed by atoms with E-state index in [1.807, 2.05) is 6.92 Å². The largest absolute Gasteiger partial charge is 0.380 e. The molecule has 0 aromatic heterocycles. The Morgan fingerprint density at radius 2 is 1.94 bits per heavy atom. The van der Waals surface area contributed by atoms with E-state index in [2.05, 4.69) is 17.1 Å². The normalized spacial score (nSPS) is 17.1. The molecule has 1 heterocycles. The van der Waals surface area contributed by atoms with Crippen molar-refractivity contribution in [3.05, 3.63) is 11.4 Å². The van der Waals surface area contributed by atoms with Gasteiger partial charge in [0.05, 0.1) is 0 Å². The molecule has 18 heavy (non-hydrogen) atoms. The van der Waals surface area contributed by atoms with Crippen molar-refractivity contribution in [3.63, 3.8) is 0 Å². The second-order valence-electron chi connectivity index (χ2n) is 4.77. The highest BCUT2D eigenvalue weighted by atomic mass is 16.2. The lowest BCUT2D eigenvalue weighted by Gasteiger charge is -2.30. The quantitative estimate of drug-likeness (QED) is 0.325. The van der Waals surface area contributed by atoms with Crippen LogP contribution in [0.2, 0.25) is 0 Å². The standard InChI is InChI=1S/C14H24N2O2/c1-3-4-8-15-14(13(18)11-17)12(2)16-9-6-5-7-10-16/h11,15H,3-10H2,1-2H3/b14-12-. The summed E-state index contributed by atoms with van der Waals surface area (Å²) in [5.74, 6) is -0.436. The predicted molar refractivity (Wildman–Crippen MR) is 72.1 cm³/mol. The Hall–Kier alpha value is -1.32. The van der Waals surface area contributed by atoms with Crippen molar-refractivity contribution >= 4 is 12.1 Å².